The van der Waals surface area contributed by atoms with E-state index in [-0.39, 0.29) is 5.91 Å². The minimum Gasteiger partial charge on any atom is -0.497 e. The third-order valence-electron chi connectivity index (χ3n) is 2.33. The molecule has 94 valence electrons. The predicted octanol–water partition coefficient (Wildman–Crippen LogP) is 2.02. The maximum Gasteiger partial charge on any atom is 0.225 e. The zero-order valence-electron chi connectivity index (χ0n) is 10.5. The number of benzene rings is 1. The molecular weight excluding hydrogens is 216 g/mol. The maximum atomic E-state index is 11.5. The van der Waals surface area contributed by atoms with Gasteiger partial charge in [-0.1, -0.05) is 6.92 Å². The number of nitrogens with one attached hydrogen (secondary N) is 2. The van der Waals surface area contributed by atoms with Gasteiger partial charge in [0, 0.05) is 18.7 Å². The lowest BCUT2D eigenvalue weighted by molar-refractivity contribution is -0.116. The molecule has 1 amide bonds. The molecule has 0 spiro atoms. The largest absolute Gasteiger partial charge is 0.497 e. The zero-order chi connectivity index (χ0) is 12.5. The van der Waals surface area contributed by atoms with E-state index in [2.05, 4.69) is 17.6 Å². The van der Waals surface area contributed by atoms with Crippen LogP contribution in [0, 0.1) is 0 Å². The van der Waals surface area contributed by atoms with Crippen LogP contribution in [0.5, 0.6) is 5.75 Å². The number of hydrogen-bond donors (Lipinski definition) is 2. The standard InChI is InChI=1S/C13H20N2O2/c1-3-9-14-10-8-13(16)15-11-4-6-12(17-2)7-5-11/h4-7,14H,3,8-10H2,1-2H3,(H,15,16). The summed E-state index contributed by atoms with van der Waals surface area (Å²) in [7, 11) is 1.62. The predicted molar refractivity (Wildman–Crippen MR) is 69.4 cm³/mol. The second-order valence-corrected chi connectivity index (χ2v) is 3.78. The molecule has 4 nitrogen and oxygen atoms in total. The Morgan fingerprint density at radius 2 is 1.94 bits per heavy atom. The summed E-state index contributed by atoms with van der Waals surface area (Å²) in [5.41, 5.74) is 0.797. The van der Waals surface area contributed by atoms with Crippen LogP contribution in [0.4, 0.5) is 5.69 Å². The second-order valence-electron chi connectivity index (χ2n) is 3.78. The van der Waals surface area contributed by atoms with Crippen LogP contribution in [0.25, 0.3) is 0 Å². The average Bonchev–Trinajstić information content (AvgIpc) is 2.36. The van der Waals surface area contributed by atoms with E-state index in [0.717, 1.165) is 30.9 Å². The van der Waals surface area contributed by atoms with Crippen LogP contribution in [0.15, 0.2) is 24.3 Å². The minimum atomic E-state index is 0.0266. The summed E-state index contributed by atoms with van der Waals surface area (Å²) in [6.07, 6.45) is 1.58. The fourth-order valence-corrected chi connectivity index (χ4v) is 1.40. The summed E-state index contributed by atoms with van der Waals surface area (Å²) >= 11 is 0. The van der Waals surface area contributed by atoms with Crippen LogP contribution in [0.2, 0.25) is 0 Å². The van der Waals surface area contributed by atoms with Gasteiger partial charge in [0.2, 0.25) is 5.91 Å². The SMILES string of the molecule is CCCNCCC(=O)Nc1ccc(OC)cc1. The Morgan fingerprint density at radius 1 is 1.24 bits per heavy atom. The molecule has 1 rings (SSSR count). The van der Waals surface area contributed by atoms with E-state index in [4.69, 9.17) is 4.74 Å². The van der Waals surface area contributed by atoms with E-state index in [0.29, 0.717) is 6.42 Å². The molecule has 0 atom stereocenters. The Bertz CT molecular complexity index is 336. The number of carbonyl (C=O) groups is 1. The number of methoxy groups -OCH3 is 1. The van der Waals surface area contributed by atoms with E-state index in [1.807, 2.05) is 24.3 Å². The van der Waals surface area contributed by atoms with E-state index in [1.165, 1.54) is 0 Å². The molecule has 0 radical (unpaired) electrons. The van der Waals surface area contributed by atoms with E-state index < -0.39 is 0 Å². The quantitative estimate of drug-likeness (QED) is 0.712. The van der Waals surface area contributed by atoms with Gasteiger partial charge < -0.3 is 15.4 Å². The van der Waals surface area contributed by atoms with Crippen molar-refractivity contribution in [1.82, 2.24) is 5.32 Å². The molecule has 1 aromatic rings. The lowest BCUT2D eigenvalue weighted by Crippen LogP contribution is -2.22. The number of hydrogen-bond acceptors (Lipinski definition) is 3. The molecule has 0 bridgehead atoms. The van der Waals surface area contributed by atoms with Crippen LogP contribution >= 0.6 is 0 Å². The first-order chi connectivity index (χ1) is 8.26. The van der Waals surface area contributed by atoms with Crippen LogP contribution in [-0.2, 0) is 4.79 Å². The van der Waals surface area contributed by atoms with Crippen molar-refractivity contribution in [2.45, 2.75) is 19.8 Å². The van der Waals surface area contributed by atoms with Gasteiger partial charge in [-0.2, -0.15) is 0 Å². The molecule has 17 heavy (non-hydrogen) atoms. The molecule has 0 aliphatic rings. The van der Waals surface area contributed by atoms with E-state index in [1.54, 1.807) is 7.11 Å². The average molecular weight is 236 g/mol. The monoisotopic (exact) mass is 236 g/mol. The second kappa shape index (κ2) is 7.68. The van der Waals surface area contributed by atoms with Crippen molar-refractivity contribution in [2.24, 2.45) is 0 Å². The van der Waals surface area contributed by atoms with Crippen LogP contribution in [-0.4, -0.2) is 26.1 Å². The number of anilines is 1. The van der Waals surface area contributed by atoms with Gasteiger partial charge in [-0.15, -0.1) is 0 Å². The summed E-state index contributed by atoms with van der Waals surface area (Å²) in [5, 5.41) is 6.02. The minimum absolute atomic E-state index is 0.0266. The Kier molecular flexibility index (Phi) is 6.10. The third kappa shape index (κ3) is 5.36. The highest BCUT2D eigenvalue weighted by atomic mass is 16.5. The van der Waals surface area contributed by atoms with Gasteiger partial charge in [-0.25, -0.2) is 0 Å². The van der Waals surface area contributed by atoms with Gasteiger partial charge in [-0.05, 0) is 37.2 Å². The van der Waals surface area contributed by atoms with Gasteiger partial charge in [-0.3, -0.25) is 4.79 Å². The fourth-order valence-electron chi connectivity index (χ4n) is 1.40. The molecule has 0 saturated carbocycles. The Labute approximate surface area is 102 Å². The summed E-state index contributed by atoms with van der Waals surface area (Å²) in [4.78, 5) is 11.5. The number of amides is 1. The van der Waals surface area contributed by atoms with Crippen LogP contribution < -0.4 is 15.4 Å². The van der Waals surface area contributed by atoms with Crippen molar-refractivity contribution in [3.8, 4) is 5.75 Å². The van der Waals surface area contributed by atoms with Crippen LogP contribution in [0.3, 0.4) is 0 Å². The number of ether oxygens (including phenoxy) is 1. The summed E-state index contributed by atoms with van der Waals surface area (Å²) < 4.78 is 5.04. The maximum absolute atomic E-state index is 11.5. The van der Waals surface area contributed by atoms with Gasteiger partial charge >= 0.3 is 0 Å². The van der Waals surface area contributed by atoms with Crippen molar-refractivity contribution in [3.05, 3.63) is 24.3 Å². The van der Waals surface area contributed by atoms with E-state index >= 15 is 0 Å². The molecule has 0 aliphatic heterocycles. The smallest absolute Gasteiger partial charge is 0.225 e. The molecule has 0 saturated heterocycles. The van der Waals surface area contributed by atoms with Gasteiger partial charge in [0.1, 0.15) is 5.75 Å². The van der Waals surface area contributed by atoms with Gasteiger partial charge in [0.05, 0.1) is 7.11 Å². The number of rotatable bonds is 7. The summed E-state index contributed by atoms with van der Waals surface area (Å²) in [5.74, 6) is 0.811. The molecule has 0 aliphatic carbocycles. The Hall–Kier alpha value is -1.55. The molecule has 2 N–H and O–H groups in total. The lowest BCUT2D eigenvalue weighted by Gasteiger charge is -2.06. The van der Waals surface area contributed by atoms with Crippen molar-refractivity contribution in [2.75, 3.05) is 25.5 Å². The first-order valence-electron chi connectivity index (χ1n) is 5.91. The van der Waals surface area contributed by atoms with E-state index in [9.17, 15) is 4.79 Å². The van der Waals surface area contributed by atoms with Crippen molar-refractivity contribution in [3.63, 3.8) is 0 Å². The summed E-state index contributed by atoms with van der Waals surface area (Å²) in [6.45, 7) is 3.77. The normalized spacial score (nSPS) is 10.0. The highest BCUT2D eigenvalue weighted by molar-refractivity contribution is 5.90. The zero-order valence-corrected chi connectivity index (χ0v) is 10.5. The van der Waals surface area contributed by atoms with Crippen molar-refractivity contribution >= 4 is 11.6 Å². The molecular formula is C13H20N2O2. The van der Waals surface area contributed by atoms with Crippen molar-refractivity contribution in [1.29, 1.82) is 0 Å². The highest BCUT2D eigenvalue weighted by Crippen LogP contribution is 2.14. The Morgan fingerprint density at radius 3 is 2.53 bits per heavy atom. The van der Waals surface area contributed by atoms with Crippen molar-refractivity contribution < 1.29 is 9.53 Å². The Balaban J connectivity index is 2.29. The third-order valence-corrected chi connectivity index (χ3v) is 2.33. The first-order valence-corrected chi connectivity index (χ1v) is 5.91. The molecule has 1 aromatic carbocycles. The first kappa shape index (κ1) is 13.5. The highest BCUT2D eigenvalue weighted by Gasteiger charge is 2.01. The van der Waals surface area contributed by atoms with Gasteiger partial charge in [0.15, 0.2) is 0 Å². The fraction of sp³-hybridized carbons (Fsp3) is 0.462. The molecule has 0 aromatic heterocycles. The number of carbonyl (C=O) groups excluding carboxylic acids is 1. The van der Waals surface area contributed by atoms with Crippen LogP contribution in [0.1, 0.15) is 19.8 Å². The molecule has 0 heterocycles. The molecule has 0 unspecified atom stereocenters. The lowest BCUT2D eigenvalue weighted by atomic mass is 10.3. The molecule has 4 heteroatoms. The molecule has 0 fully saturated rings. The van der Waals surface area contributed by atoms with Gasteiger partial charge in [0.25, 0.3) is 0 Å². The topological polar surface area (TPSA) is 50.4 Å². The summed E-state index contributed by atoms with van der Waals surface area (Å²) in [6, 6.07) is 7.31.